The monoisotopic (exact) mass is 272 g/mol. The molecule has 1 rings (SSSR count). The van der Waals surface area contributed by atoms with Crippen molar-refractivity contribution >= 4 is 21.5 Å². The molecule has 7 heteroatoms. The van der Waals surface area contributed by atoms with Gasteiger partial charge in [-0.05, 0) is 6.92 Å². The minimum absolute atomic E-state index is 0.0629. The molecule has 102 valence electrons. The van der Waals surface area contributed by atoms with Gasteiger partial charge in [-0.1, -0.05) is 13.8 Å². The lowest BCUT2D eigenvalue weighted by Gasteiger charge is -2.13. The molecule has 0 saturated carbocycles. The maximum Gasteiger partial charge on any atom is 0.149 e. The Morgan fingerprint density at radius 3 is 2.44 bits per heavy atom. The van der Waals surface area contributed by atoms with E-state index in [4.69, 9.17) is 5.73 Å². The molecule has 0 aliphatic heterocycles. The van der Waals surface area contributed by atoms with Gasteiger partial charge in [0, 0.05) is 24.3 Å². The SMILES string of the molecule is Cc1c(N)nc(C(C)C)nc1NCCS(C)(=O)=O. The molecular formula is C11H20N4O2S. The molecule has 1 aromatic rings. The zero-order valence-corrected chi connectivity index (χ0v) is 12.0. The van der Waals surface area contributed by atoms with Crippen molar-refractivity contribution in [3.63, 3.8) is 0 Å². The summed E-state index contributed by atoms with van der Waals surface area (Å²) in [5, 5.41) is 3.00. The summed E-state index contributed by atoms with van der Waals surface area (Å²) in [7, 11) is -2.98. The van der Waals surface area contributed by atoms with Crippen molar-refractivity contribution in [2.24, 2.45) is 0 Å². The van der Waals surface area contributed by atoms with E-state index in [1.807, 2.05) is 20.8 Å². The third-order valence-corrected chi connectivity index (χ3v) is 3.43. The van der Waals surface area contributed by atoms with Crippen molar-refractivity contribution in [2.45, 2.75) is 26.7 Å². The second kappa shape index (κ2) is 5.51. The molecule has 0 aliphatic carbocycles. The van der Waals surface area contributed by atoms with Gasteiger partial charge >= 0.3 is 0 Å². The number of aromatic nitrogens is 2. The van der Waals surface area contributed by atoms with Gasteiger partial charge in [0.05, 0.1) is 5.75 Å². The van der Waals surface area contributed by atoms with Gasteiger partial charge in [-0.3, -0.25) is 0 Å². The largest absolute Gasteiger partial charge is 0.383 e. The molecule has 6 nitrogen and oxygen atoms in total. The zero-order valence-electron chi connectivity index (χ0n) is 11.2. The summed E-state index contributed by atoms with van der Waals surface area (Å²) in [6.45, 7) is 6.07. The molecule has 0 aliphatic rings. The normalized spacial score (nSPS) is 11.8. The van der Waals surface area contributed by atoms with E-state index in [1.165, 1.54) is 6.26 Å². The highest BCUT2D eigenvalue weighted by Gasteiger charge is 2.11. The van der Waals surface area contributed by atoms with E-state index in [1.54, 1.807) is 0 Å². The Morgan fingerprint density at radius 1 is 1.33 bits per heavy atom. The number of hydrogen-bond acceptors (Lipinski definition) is 6. The van der Waals surface area contributed by atoms with E-state index in [0.717, 1.165) is 5.56 Å². The van der Waals surface area contributed by atoms with Crippen molar-refractivity contribution in [1.29, 1.82) is 0 Å². The van der Waals surface area contributed by atoms with Crippen LogP contribution >= 0.6 is 0 Å². The molecule has 0 saturated heterocycles. The van der Waals surface area contributed by atoms with Gasteiger partial charge < -0.3 is 11.1 Å². The van der Waals surface area contributed by atoms with Gasteiger partial charge in [0.25, 0.3) is 0 Å². The summed E-state index contributed by atoms with van der Waals surface area (Å²) in [6.07, 6.45) is 1.20. The minimum atomic E-state index is -2.98. The highest BCUT2D eigenvalue weighted by atomic mass is 32.2. The molecule has 3 N–H and O–H groups in total. The van der Waals surface area contributed by atoms with Crippen molar-refractivity contribution in [1.82, 2.24) is 9.97 Å². The van der Waals surface area contributed by atoms with E-state index in [9.17, 15) is 8.42 Å². The number of sulfone groups is 1. The lowest BCUT2D eigenvalue weighted by molar-refractivity contribution is 0.602. The van der Waals surface area contributed by atoms with Crippen molar-refractivity contribution < 1.29 is 8.42 Å². The maximum absolute atomic E-state index is 11.1. The van der Waals surface area contributed by atoms with Crippen molar-refractivity contribution in [3.8, 4) is 0 Å². The molecule has 0 atom stereocenters. The van der Waals surface area contributed by atoms with E-state index >= 15 is 0 Å². The first-order chi connectivity index (χ1) is 8.20. The van der Waals surface area contributed by atoms with Crippen LogP contribution in [-0.4, -0.2) is 36.9 Å². The summed E-state index contributed by atoms with van der Waals surface area (Å²) >= 11 is 0. The number of nitrogens with zero attached hydrogens (tertiary/aromatic N) is 2. The van der Waals surface area contributed by atoms with Crippen LogP contribution in [0.4, 0.5) is 11.6 Å². The lowest BCUT2D eigenvalue weighted by Crippen LogP contribution is -2.17. The fourth-order valence-corrected chi connectivity index (χ4v) is 1.81. The molecule has 0 unspecified atom stereocenters. The Labute approximate surface area is 108 Å². The first-order valence-electron chi connectivity index (χ1n) is 5.76. The third-order valence-electron chi connectivity index (χ3n) is 2.48. The van der Waals surface area contributed by atoms with Crippen molar-refractivity contribution in [3.05, 3.63) is 11.4 Å². The van der Waals surface area contributed by atoms with Gasteiger partial charge in [-0.25, -0.2) is 18.4 Å². The van der Waals surface area contributed by atoms with Crippen LogP contribution in [0.3, 0.4) is 0 Å². The second-order valence-corrected chi connectivity index (χ2v) is 6.91. The van der Waals surface area contributed by atoms with E-state index in [2.05, 4.69) is 15.3 Å². The summed E-state index contributed by atoms with van der Waals surface area (Å²) in [5.74, 6) is 1.92. The van der Waals surface area contributed by atoms with Gasteiger partial charge in [0.2, 0.25) is 0 Å². The zero-order chi connectivity index (χ0) is 13.9. The number of nitrogens with one attached hydrogen (secondary N) is 1. The van der Waals surface area contributed by atoms with Crippen LogP contribution in [0.2, 0.25) is 0 Å². The standard InChI is InChI=1S/C11H20N4O2S/c1-7(2)10-14-9(12)8(3)11(15-10)13-5-6-18(4,16)17/h7H,5-6H2,1-4H3,(H3,12,13,14,15). The van der Waals surface area contributed by atoms with Crippen LogP contribution < -0.4 is 11.1 Å². The highest BCUT2D eigenvalue weighted by molar-refractivity contribution is 7.90. The van der Waals surface area contributed by atoms with Crippen LogP contribution in [0.1, 0.15) is 31.2 Å². The Kier molecular flexibility index (Phi) is 4.50. The van der Waals surface area contributed by atoms with E-state index in [0.29, 0.717) is 24.0 Å². The lowest BCUT2D eigenvalue weighted by atomic mass is 10.2. The van der Waals surface area contributed by atoms with E-state index < -0.39 is 9.84 Å². The van der Waals surface area contributed by atoms with Crippen LogP contribution in [0.15, 0.2) is 0 Å². The molecule has 0 amide bonds. The molecule has 18 heavy (non-hydrogen) atoms. The molecule has 0 spiro atoms. The Hall–Kier alpha value is -1.37. The molecule has 0 bridgehead atoms. The maximum atomic E-state index is 11.1. The predicted molar refractivity (Wildman–Crippen MR) is 73.5 cm³/mol. The van der Waals surface area contributed by atoms with Gasteiger partial charge in [-0.15, -0.1) is 0 Å². The Balaban J connectivity index is 2.88. The molecule has 0 radical (unpaired) electrons. The fourth-order valence-electron chi connectivity index (χ4n) is 1.34. The number of nitrogen functional groups attached to an aromatic ring is 1. The van der Waals surface area contributed by atoms with Crippen LogP contribution in [0.25, 0.3) is 0 Å². The predicted octanol–water partition coefficient (Wildman–Crippen LogP) is 0.947. The van der Waals surface area contributed by atoms with Crippen LogP contribution in [0, 0.1) is 6.92 Å². The summed E-state index contributed by atoms with van der Waals surface area (Å²) in [4.78, 5) is 8.55. The van der Waals surface area contributed by atoms with E-state index in [-0.39, 0.29) is 11.7 Å². The first-order valence-corrected chi connectivity index (χ1v) is 7.82. The molecular weight excluding hydrogens is 252 g/mol. The third kappa shape index (κ3) is 4.14. The van der Waals surface area contributed by atoms with Crippen LogP contribution in [-0.2, 0) is 9.84 Å². The number of hydrogen-bond donors (Lipinski definition) is 2. The average molecular weight is 272 g/mol. The minimum Gasteiger partial charge on any atom is -0.383 e. The molecule has 1 aromatic heterocycles. The van der Waals surface area contributed by atoms with Gasteiger partial charge in [0.15, 0.2) is 0 Å². The topological polar surface area (TPSA) is 98.0 Å². The Morgan fingerprint density at radius 2 is 1.94 bits per heavy atom. The average Bonchev–Trinajstić information content (AvgIpc) is 2.21. The number of rotatable bonds is 5. The molecule has 1 heterocycles. The summed E-state index contributed by atoms with van der Waals surface area (Å²) in [6, 6.07) is 0. The first kappa shape index (κ1) is 14.7. The quantitative estimate of drug-likeness (QED) is 0.828. The van der Waals surface area contributed by atoms with Gasteiger partial charge in [0.1, 0.15) is 27.3 Å². The van der Waals surface area contributed by atoms with Crippen molar-refractivity contribution in [2.75, 3.05) is 29.6 Å². The smallest absolute Gasteiger partial charge is 0.149 e. The molecule has 0 aromatic carbocycles. The van der Waals surface area contributed by atoms with Gasteiger partial charge in [-0.2, -0.15) is 0 Å². The number of nitrogens with two attached hydrogens (primary N) is 1. The molecule has 0 fully saturated rings. The Bertz CT molecular complexity index is 526. The fraction of sp³-hybridized carbons (Fsp3) is 0.636. The highest BCUT2D eigenvalue weighted by Crippen LogP contribution is 2.20. The summed E-state index contributed by atoms with van der Waals surface area (Å²) < 4.78 is 22.1. The summed E-state index contributed by atoms with van der Waals surface area (Å²) in [5.41, 5.74) is 6.55. The number of anilines is 2. The second-order valence-electron chi connectivity index (χ2n) is 4.65. The van der Waals surface area contributed by atoms with Crippen LogP contribution in [0.5, 0.6) is 0 Å².